The van der Waals surface area contributed by atoms with Crippen molar-refractivity contribution in [1.82, 2.24) is 5.32 Å². The minimum Gasteiger partial charge on any atom is -0.497 e. The Balaban J connectivity index is 0.000000666. The first-order valence-electron chi connectivity index (χ1n) is 9.33. The summed E-state index contributed by atoms with van der Waals surface area (Å²) in [6.07, 6.45) is 0.520. The zero-order valence-electron chi connectivity index (χ0n) is 17.1. The monoisotopic (exact) mass is 401 g/mol. The Bertz CT molecular complexity index is 724. The highest BCUT2D eigenvalue weighted by Gasteiger charge is 2.28. The zero-order valence-corrected chi connectivity index (χ0v) is 17.1. The summed E-state index contributed by atoms with van der Waals surface area (Å²) >= 11 is 0. The van der Waals surface area contributed by atoms with Crippen LogP contribution in [0.3, 0.4) is 0 Å². The van der Waals surface area contributed by atoms with Crippen molar-refractivity contribution in [2.24, 2.45) is 5.92 Å². The molecule has 3 rings (SSSR count). The van der Waals surface area contributed by atoms with Crippen molar-refractivity contribution in [3.05, 3.63) is 59.7 Å². The fourth-order valence-electron chi connectivity index (χ4n) is 2.64. The Labute approximate surface area is 170 Å². The fraction of sp³-hybridized carbons (Fsp3) is 0.364. The molecule has 1 aliphatic rings. The predicted octanol–water partition coefficient (Wildman–Crippen LogP) is 3.29. The molecule has 1 aliphatic heterocycles. The largest absolute Gasteiger partial charge is 0.497 e. The van der Waals surface area contributed by atoms with Crippen LogP contribution in [0.25, 0.3) is 0 Å². The van der Waals surface area contributed by atoms with E-state index in [4.69, 9.17) is 9.47 Å². The number of methoxy groups -OCH3 is 2. The molecular weight excluding hydrogens is 374 g/mol. The number of carbonyl (C=O) groups is 2. The van der Waals surface area contributed by atoms with Crippen LogP contribution in [-0.2, 0) is 9.78 Å². The molecule has 0 bridgehead atoms. The predicted molar refractivity (Wildman–Crippen MR) is 108 cm³/mol. The van der Waals surface area contributed by atoms with Gasteiger partial charge in [0.2, 0.25) is 6.29 Å². The maximum Gasteiger partial charge on any atom is 0.221 e. The number of carbonyl (C=O) groups excluding carboxylic acids is 2. The van der Waals surface area contributed by atoms with Gasteiger partial charge in [0.05, 0.1) is 20.1 Å². The van der Waals surface area contributed by atoms with Crippen molar-refractivity contribution in [2.45, 2.75) is 19.6 Å². The van der Waals surface area contributed by atoms with Crippen LogP contribution in [0.15, 0.2) is 48.5 Å². The molecule has 0 amide bonds. The van der Waals surface area contributed by atoms with E-state index in [1.54, 1.807) is 69.8 Å². The summed E-state index contributed by atoms with van der Waals surface area (Å²) in [5, 5.41) is 3.00. The van der Waals surface area contributed by atoms with Crippen LogP contribution in [0.4, 0.5) is 0 Å². The lowest BCUT2D eigenvalue weighted by molar-refractivity contribution is 0.0800. The smallest absolute Gasteiger partial charge is 0.221 e. The van der Waals surface area contributed by atoms with E-state index in [0.29, 0.717) is 35.6 Å². The highest BCUT2D eigenvalue weighted by Crippen LogP contribution is 2.21. The third kappa shape index (κ3) is 6.98. The van der Waals surface area contributed by atoms with Gasteiger partial charge in [0.1, 0.15) is 11.5 Å². The topological polar surface area (TPSA) is 89.7 Å². The number of hydrogen-bond acceptors (Lipinski definition) is 7. The molecule has 1 N–H and O–H groups in total. The normalized spacial score (nSPS) is 12.7. The molecule has 0 aliphatic carbocycles. The number of Topliss-reactive ketones (excluding diaryl/α,β-unsaturated/α-hetero) is 2. The van der Waals surface area contributed by atoms with Crippen LogP contribution in [0.2, 0.25) is 0 Å². The first-order valence-corrected chi connectivity index (χ1v) is 9.33. The van der Waals surface area contributed by atoms with Crippen LogP contribution in [-0.4, -0.2) is 45.7 Å². The Kier molecular flexibility index (Phi) is 8.79. The number of hydrogen-bond donors (Lipinski definition) is 1. The number of ketones is 2. The van der Waals surface area contributed by atoms with Gasteiger partial charge in [-0.1, -0.05) is 0 Å². The summed E-state index contributed by atoms with van der Waals surface area (Å²) < 4.78 is 10.2. The fourth-order valence-corrected chi connectivity index (χ4v) is 2.64. The van der Waals surface area contributed by atoms with Crippen molar-refractivity contribution in [1.29, 1.82) is 0 Å². The van der Waals surface area contributed by atoms with Crippen molar-refractivity contribution in [3.63, 3.8) is 0 Å². The Morgan fingerprint density at radius 3 is 1.55 bits per heavy atom. The van der Waals surface area contributed by atoms with Crippen molar-refractivity contribution in [2.75, 3.05) is 27.8 Å². The van der Waals surface area contributed by atoms with Crippen molar-refractivity contribution in [3.8, 4) is 11.5 Å². The standard InChI is InChI=1S/C20H23NO4.C2H4O2/c1-21-13-12-18(19(22)14-4-8-16(24-2)9-5-14)20(23)15-6-10-17(25-3)11-7-15;1-2-3-4-2/h4-11,18,21H,12-13H2,1-3H3;2H,1H3. The summed E-state index contributed by atoms with van der Waals surface area (Å²) in [6.45, 7) is 2.41. The average Bonchev–Trinajstić information content (AvgIpc) is 3.56. The first kappa shape index (κ1) is 22.5. The molecule has 2 aromatic rings. The molecule has 29 heavy (non-hydrogen) atoms. The van der Waals surface area contributed by atoms with Gasteiger partial charge in [0.15, 0.2) is 11.6 Å². The van der Waals surface area contributed by atoms with Gasteiger partial charge < -0.3 is 14.8 Å². The third-order valence-corrected chi connectivity index (χ3v) is 4.35. The summed E-state index contributed by atoms with van der Waals surface area (Å²) in [5.74, 6) is 0.251. The van der Waals surface area contributed by atoms with Gasteiger partial charge >= 0.3 is 0 Å². The summed E-state index contributed by atoms with van der Waals surface area (Å²) in [7, 11) is 4.94. The Morgan fingerprint density at radius 1 is 0.897 bits per heavy atom. The van der Waals surface area contributed by atoms with E-state index in [-0.39, 0.29) is 17.9 Å². The molecule has 0 spiro atoms. The minimum absolute atomic E-state index is 0.0833. The molecule has 0 radical (unpaired) electrons. The molecular formula is C22H27NO6. The van der Waals surface area contributed by atoms with Gasteiger partial charge in [-0.2, -0.15) is 9.78 Å². The summed E-state index contributed by atoms with van der Waals surface area (Å²) in [4.78, 5) is 34.2. The van der Waals surface area contributed by atoms with E-state index >= 15 is 0 Å². The van der Waals surface area contributed by atoms with E-state index in [2.05, 4.69) is 15.1 Å². The summed E-state index contributed by atoms with van der Waals surface area (Å²) in [5.41, 5.74) is 1.01. The van der Waals surface area contributed by atoms with Crippen molar-refractivity contribution >= 4 is 11.6 Å². The summed E-state index contributed by atoms with van der Waals surface area (Å²) in [6, 6.07) is 13.6. The van der Waals surface area contributed by atoms with E-state index in [9.17, 15) is 9.59 Å². The lowest BCUT2D eigenvalue weighted by Gasteiger charge is -2.15. The van der Waals surface area contributed by atoms with Crippen LogP contribution in [0, 0.1) is 5.92 Å². The molecule has 0 unspecified atom stereocenters. The van der Waals surface area contributed by atoms with Crippen LogP contribution < -0.4 is 14.8 Å². The van der Waals surface area contributed by atoms with Crippen LogP contribution in [0.1, 0.15) is 34.1 Å². The van der Waals surface area contributed by atoms with E-state index in [1.165, 1.54) is 0 Å². The first-order chi connectivity index (χ1) is 14.0. The highest BCUT2D eigenvalue weighted by molar-refractivity contribution is 6.16. The molecule has 1 saturated heterocycles. The molecule has 0 aromatic heterocycles. The highest BCUT2D eigenvalue weighted by atomic mass is 17.4. The second kappa shape index (κ2) is 11.3. The maximum absolute atomic E-state index is 12.9. The lowest BCUT2D eigenvalue weighted by atomic mass is 9.87. The van der Waals surface area contributed by atoms with Gasteiger partial charge in [-0.05, 0) is 75.5 Å². The molecule has 1 heterocycles. The second-order valence-electron chi connectivity index (χ2n) is 6.39. The molecule has 156 valence electrons. The van der Waals surface area contributed by atoms with Gasteiger partial charge in [-0.25, -0.2) is 0 Å². The number of nitrogens with one attached hydrogen (secondary N) is 1. The SMILES string of the molecule is CC1OO1.CNCCC(C(=O)c1ccc(OC)cc1)C(=O)c1ccc(OC)cc1. The van der Waals surface area contributed by atoms with Crippen molar-refractivity contribution < 1.29 is 28.8 Å². The molecule has 2 aromatic carbocycles. The number of ether oxygens (including phenoxy) is 2. The second-order valence-corrected chi connectivity index (χ2v) is 6.39. The lowest BCUT2D eigenvalue weighted by Crippen LogP contribution is -2.28. The van der Waals surface area contributed by atoms with E-state index < -0.39 is 5.92 Å². The number of benzene rings is 2. The van der Waals surface area contributed by atoms with Crippen LogP contribution in [0.5, 0.6) is 11.5 Å². The molecule has 7 nitrogen and oxygen atoms in total. The maximum atomic E-state index is 12.9. The quantitative estimate of drug-likeness (QED) is 0.298. The molecule has 0 saturated carbocycles. The van der Waals surface area contributed by atoms with E-state index in [0.717, 1.165) is 0 Å². The number of rotatable bonds is 9. The molecule has 7 heteroatoms. The average molecular weight is 401 g/mol. The molecule has 1 fully saturated rings. The van der Waals surface area contributed by atoms with Gasteiger partial charge in [-0.15, -0.1) is 0 Å². The third-order valence-electron chi connectivity index (χ3n) is 4.35. The van der Waals surface area contributed by atoms with Crippen LogP contribution >= 0.6 is 0 Å². The Hall–Kier alpha value is -2.74. The molecule has 0 atom stereocenters. The van der Waals surface area contributed by atoms with Gasteiger partial charge in [0, 0.05) is 11.1 Å². The van der Waals surface area contributed by atoms with E-state index in [1.807, 2.05) is 6.92 Å². The van der Waals surface area contributed by atoms with Gasteiger partial charge in [0.25, 0.3) is 0 Å². The minimum atomic E-state index is -0.728. The Morgan fingerprint density at radius 2 is 1.28 bits per heavy atom. The van der Waals surface area contributed by atoms with Gasteiger partial charge in [-0.3, -0.25) is 9.59 Å². The zero-order chi connectivity index (χ0) is 21.2.